The summed E-state index contributed by atoms with van der Waals surface area (Å²) in [6.45, 7) is 4.41. The normalized spacial score (nSPS) is 17.9. The van der Waals surface area contributed by atoms with Crippen LogP contribution in [-0.4, -0.2) is 23.1 Å². The van der Waals surface area contributed by atoms with Gasteiger partial charge in [-0.2, -0.15) is 0 Å². The smallest absolute Gasteiger partial charge is 0.231 e. The molecule has 3 nitrogen and oxygen atoms in total. The van der Waals surface area contributed by atoms with Gasteiger partial charge >= 0.3 is 0 Å². The molecule has 0 aliphatic carbocycles. The van der Waals surface area contributed by atoms with Gasteiger partial charge in [0, 0.05) is 0 Å². The minimum Gasteiger partial charge on any atom is -0.328 e. The molecule has 1 heterocycles. The summed E-state index contributed by atoms with van der Waals surface area (Å²) in [5, 5.41) is 0. The average molecular weight is 231 g/mol. The second-order valence-corrected chi connectivity index (χ2v) is 4.84. The van der Waals surface area contributed by atoms with Crippen LogP contribution in [0.3, 0.4) is 0 Å². The van der Waals surface area contributed by atoms with E-state index in [1.165, 1.54) is 0 Å². The summed E-state index contributed by atoms with van der Waals surface area (Å²) in [5.41, 5.74) is 1.10. The molecule has 90 valence electrons. The maximum Gasteiger partial charge on any atom is 0.231 e. The Bertz CT molecular complexity index is 425. The van der Waals surface area contributed by atoms with E-state index >= 15 is 0 Å². The van der Waals surface area contributed by atoms with Crippen LogP contribution in [0.5, 0.6) is 0 Å². The van der Waals surface area contributed by atoms with E-state index in [0.717, 1.165) is 5.56 Å². The Morgan fingerprint density at radius 1 is 1.12 bits per heavy atom. The Labute approximate surface area is 101 Å². The van der Waals surface area contributed by atoms with Crippen LogP contribution < -0.4 is 0 Å². The van der Waals surface area contributed by atoms with Crippen LogP contribution in [0, 0.1) is 5.92 Å². The van der Waals surface area contributed by atoms with Crippen LogP contribution in [0.4, 0.5) is 0 Å². The largest absolute Gasteiger partial charge is 0.328 e. The van der Waals surface area contributed by atoms with Crippen molar-refractivity contribution in [2.45, 2.75) is 26.3 Å². The Morgan fingerprint density at radius 3 is 2.24 bits per heavy atom. The average Bonchev–Trinajstić information content (AvgIpc) is 2.59. The molecule has 2 rings (SSSR count). The van der Waals surface area contributed by atoms with Crippen molar-refractivity contribution in [3.05, 3.63) is 35.9 Å². The summed E-state index contributed by atoms with van der Waals surface area (Å²) in [5.74, 6) is 0.279. The van der Waals surface area contributed by atoms with Crippen LogP contribution in [0.15, 0.2) is 30.3 Å². The van der Waals surface area contributed by atoms with Gasteiger partial charge in [0.05, 0.1) is 19.0 Å². The predicted octanol–water partition coefficient (Wildman–Crippen LogP) is 2.19. The lowest BCUT2D eigenvalue weighted by Gasteiger charge is -2.30. The molecule has 0 N–H and O–H groups in total. The number of Topliss-reactive ketones (excluding diaryl/α,β-unsaturated/α-hetero) is 1. The molecule has 0 saturated carbocycles. The highest BCUT2D eigenvalue weighted by molar-refractivity contribution is 6.05. The highest BCUT2D eigenvalue weighted by Gasteiger charge is 2.35. The summed E-state index contributed by atoms with van der Waals surface area (Å²) in [7, 11) is 0. The maximum absolute atomic E-state index is 11.8. The SMILES string of the molecule is CC(C)C(c1ccccc1)N1CC(=O)CC1=O. The van der Waals surface area contributed by atoms with Crippen molar-refractivity contribution >= 4 is 11.7 Å². The standard InChI is InChI=1S/C14H17NO2/c1-10(2)14(11-6-4-3-5-7-11)15-9-12(16)8-13(15)17/h3-7,10,14H,8-9H2,1-2H3. The maximum atomic E-state index is 11.8. The molecule has 1 saturated heterocycles. The van der Waals surface area contributed by atoms with Crippen LogP contribution in [0.1, 0.15) is 31.9 Å². The molecule has 0 aromatic heterocycles. The van der Waals surface area contributed by atoms with Gasteiger partial charge in [0.2, 0.25) is 5.91 Å². The third-order valence-corrected chi connectivity index (χ3v) is 3.12. The molecule has 1 fully saturated rings. The van der Waals surface area contributed by atoms with Crippen molar-refractivity contribution < 1.29 is 9.59 Å². The molecule has 0 spiro atoms. The molecule has 1 unspecified atom stereocenters. The van der Waals surface area contributed by atoms with Gasteiger partial charge in [0.1, 0.15) is 0 Å². The number of rotatable bonds is 3. The molecule has 1 amide bonds. The zero-order valence-corrected chi connectivity index (χ0v) is 10.2. The minimum atomic E-state index is -0.0439. The first-order chi connectivity index (χ1) is 8.09. The third-order valence-electron chi connectivity index (χ3n) is 3.12. The lowest BCUT2D eigenvalue weighted by atomic mass is 9.95. The molecule has 1 aromatic carbocycles. The first-order valence-corrected chi connectivity index (χ1v) is 5.95. The number of hydrogen-bond donors (Lipinski definition) is 0. The first-order valence-electron chi connectivity index (χ1n) is 5.95. The number of hydrogen-bond acceptors (Lipinski definition) is 2. The zero-order valence-electron chi connectivity index (χ0n) is 10.2. The zero-order chi connectivity index (χ0) is 12.4. The Morgan fingerprint density at radius 2 is 1.76 bits per heavy atom. The Balaban J connectivity index is 2.30. The molecular formula is C14H17NO2. The lowest BCUT2D eigenvalue weighted by Crippen LogP contribution is -2.33. The third kappa shape index (κ3) is 2.38. The van der Waals surface area contributed by atoms with Gasteiger partial charge in [-0.1, -0.05) is 44.2 Å². The van der Waals surface area contributed by atoms with E-state index in [0.29, 0.717) is 5.92 Å². The van der Waals surface area contributed by atoms with E-state index in [4.69, 9.17) is 0 Å². The number of amides is 1. The number of carbonyl (C=O) groups is 2. The summed E-state index contributed by atoms with van der Waals surface area (Å²) in [4.78, 5) is 24.9. The van der Waals surface area contributed by atoms with E-state index < -0.39 is 0 Å². The van der Waals surface area contributed by atoms with Gasteiger partial charge in [-0.15, -0.1) is 0 Å². The van der Waals surface area contributed by atoms with Gasteiger partial charge in [-0.3, -0.25) is 9.59 Å². The summed E-state index contributed by atoms with van der Waals surface area (Å²) in [6.07, 6.45) is 0.0655. The number of likely N-dealkylation sites (tertiary alicyclic amines) is 1. The molecule has 1 aliphatic heterocycles. The summed E-state index contributed by atoms with van der Waals surface area (Å²) < 4.78 is 0. The van der Waals surface area contributed by atoms with Crippen molar-refractivity contribution in [1.29, 1.82) is 0 Å². The molecule has 1 atom stereocenters. The Hall–Kier alpha value is -1.64. The van der Waals surface area contributed by atoms with Crippen molar-refractivity contribution in [3.63, 3.8) is 0 Å². The fourth-order valence-corrected chi connectivity index (χ4v) is 2.43. The number of benzene rings is 1. The quantitative estimate of drug-likeness (QED) is 0.748. The predicted molar refractivity (Wildman–Crippen MR) is 65.4 cm³/mol. The van der Waals surface area contributed by atoms with Crippen LogP contribution in [-0.2, 0) is 9.59 Å². The van der Waals surface area contributed by atoms with Crippen molar-refractivity contribution in [1.82, 2.24) is 4.90 Å². The highest BCUT2D eigenvalue weighted by Crippen LogP contribution is 2.31. The second kappa shape index (κ2) is 4.70. The van der Waals surface area contributed by atoms with Gasteiger partial charge < -0.3 is 4.90 Å². The van der Waals surface area contributed by atoms with E-state index in [9.17, 15) is 9.59 Å². The molecule has 3 heteroatoms. The molecule has 0 bridgehead atoms. The lowest BCUT2D eigenvalue weighted by molar-refractivity contribution is -0.130. The molecule has 17 heavy (non-hydrogen) atoms. The van der Waals surface area contributed by atoms with Crippen molar-refractivity contribution in [3.8, 4) is 0 Å². The van der Waals surface area contributed by atoms with Gasteiger partial charge in [0.15, 0.2) is 5.78 Å². The number of carbonyl (C=O) groups excluding carboxylic acids is 2. The van der Waals surface area contributed by atoms with Gasteiger partial charge in [-0.25, -0.2) is 0 Å². The van der Waals surface area contributed by atoms with E-state index in [-0.39, 0.29) is 30.7 Å². The summed E-state index contributed by atoms with van der Waals surface area (Å²) in [6, 6.07) is 9.93. The van der Waals surface area contributed by atoms with Crippen LogP contribution >= 0.6 is 0 Å². The summed E-state index contributed by atoms with van der Waals surface area (Å²) >= 11 is 0. The van der Waals surface area contributed by atoms with Crippen LogP contribution in [0.2, 0.25) is 0 Å². The minimum absolute atomic E-state index is 0.00940. The van der Waals surface area contributed by atoms with Gasteiger partial charge in [0.25, 0.3) is 0 Å². The molecular weight excluding hydrogens is 214 g/mol. The number of nitrogens with zero attached hydrogens (tertiary/aromatic N) is 1. The van der Waals surface area contributed by atoms with Crippen molar-refractivity contribution in [2.24, 2.45) is 5.92 Å². The van der Waals surface area contributed by atoms with E-state index in [2.05, 4.69) is 13.8 Å². The van der Waals surface area contributed by atoms with Gasteiger partial charge in [-0.05, 0) is 11.5 Å². The molecule has 1 aliphatic rings. The number of ketones is 1. The molecule has 0 radical (unpaired) electrons. The highest BCUT2D eigenvalue weighted by atomic mass is 16.2. The van der Waals surface area contributed by atoms with E-state index in [1.807, 2.05) is 30.3 Å². The first kappa shape index (κ1) is 11.8. The van der Waals surface area contributed by atoms with Crippen molar-refractivity contribution in [2.75, 3.05) is 6.54 Å². The Kier molecular flexibility index (Phi) is 3.27. The van der Waals surface area contributed by atoms with Crippen LogP contribution in [0.25, 0.3) is 0 Å². The fourth-order valence-electron chi connectivity index (χ4n) is 2.43. The topological polar surface area (TPSA) is 37.4 Å². The fraction of sp³-hybridized carbons (Fsp3) is 0.429. The molecule has 1 aromatic rings. The second-order valence-electron chi connectivity index (χ2n) is 4.84. The van der Waals surface area contributed by atoms with E-state index in [1.54, 1.807) is 4.90 Å². The monoisotopic (exact) mass is 231 g/mol.